The maximum Gasteiger partial charge on any atom is 1.00 e. The third-order valence-corrected chi connectivity index (χ3v) is 1.51. The number of carbonyl (C=O) groups is 1. The van der Waals surface area contributed by atoms with Crippen LogP contribution in [0, 0.1) is 0 Å². The Morgan fingerprint density at radius 2 is 1.85 bits per heavy atom. The molecule has 0 spiro atoms. The van der Waals surface area contributed by atoms with E-state index in [1.54, 1.807) is 0 Å². The molecular formula is C7H13LiO5. The third kappa shape index (κ3) is 8.28. The van der Waals surface area contributed by atoms with E-state index in [2.05, 4.69) is 0 Å². The summed E-state index contributed by atoms with van der Waals surface area (Å²) >= 11 is 0. The van der Waals surface area contributed by atoms with Crippen LogP contribution in [0.25, 0.3) is 0 Å². The van der Waals surface area contributed by atoms with E-state index < -0.39 is 24.8 Å². The predicted molar refractivity (Wildman–Crippen MR) is 38.0 cm³/mol. The van der Waals surface area contributed by atoms with Crippen molar-refractivity contribution in [1.82, 2.24) is 0 Å². The van der Waals surface area contributed by atoms with Gasteiger partial charge in [-0.25, -0.2) is 0 Å². The Morgan fingerprint density at radius 1 is 1.31 bits per heavy atom. The summed E-state index contributed by atoms with van der Waals surface area (Å²) in [6.07, 6.45) is -2.01. The van der Waals surface area contributed by atoms with E-state index in [4.69, 9.17) is 15.3 Å². The number of carboxylic acids is 1. The van der Waals surface area contributed by atoms with Crippen molar-refractivity contribution in [3.63, 3.8) is 0 Å². The SMILES string of the molecule is O=C([O-])CCC[C@@H](O)[C@@H](O)CO.[Li+]. The van der Waals surface area contributed by atoms with Crippen molar-refractivity contribution >= 4 is 5.97 Å². The van der Waals surface area contributed by atoms with Crippen LogP contribution in [0.2, 0.25) is 0 Å². The molecule has 0 saturated heterocycles. The maximum atomic E-state index is 9.92. The molecule has 0 heterocycles. The summed E-state index contributed by atoms with van der Waals surface area (Å²) in [6.45, 7) is -0.521. The standard InChI is InChI=1S/C7H14O5.Li/c8-4-6(10)5(9)2-1-3-7(11)12;/h5-6,8-10H,1-4H2,(H,11,12);/q;+1/p-1/t5-,6+;/m1./s1. The molecule has 0 saturated carbocycles. The molecule has 0 aromatic heterocycles. The van der Waals surface area contributed by atoms with Gasteiger partial charge in [-0.15, -0.1) is 0 Å². The fraction of sp³-hybridized carbons (Fsp3) is 0.857. The normalized spacial score (nSPS) is 14.4. The van der Waals surface area contributed by atoms with Gasteiger partial charge in [-0.2, -0.15) is 0 Å². The zero-order valence-electron chi connectivity index (χ0n) is 7.64. The monoisotopic (exact) mass is 184 g/mol. The van der Waals surface area contributed by atoms with E-state index in [-0.39, 0.29) is 38.1 Å². The second-order valence-electron chi connectivity index (χ2n) is 2.58. The quantitative estimate of drug-likeness (QED) is 0.358. The Labute approximate surface area is 88.6 Å². The summed E-state index contributed by atoms with van der Waals surface area (Å²) in [5.41, 5.74) is 0. The molecule has 2 atom stereocenters. The molecule has 0 aliphatic rings. The summed E-state index contributed by atoms with van der Waals surface area (Å²) in [6, 6.07) is 0. The van der Waals surface area contributed by atoms with Gasteiger partial charge in [0.1, 0.15) is 6.10 Å². The van der Waals surface area contributed by atoms with Gasteiger partial charge in [-0.05, 0) is 19.3 Å². The summed E-state index contributed by atoms with van der Waals surface area (Å²) in [4.78, 5) is 9.92. The fourth-order valence-corrected chi connectivity index (χ4v) is 0.770. The molecule has 0 aromatic carbocycles. The maximum absolute atomic E-state index is 9.92. The third-order valence-electron chi connectivity index (χ3n) is 1.51. The van der Waals surface area contributed by atoms with Gasteiger partial charge in [0.2, 0.25) is 0 Å². The Kier molecular flexibility index (Phi) is 10.1. The van der Waals surface area contributed by atoms with Crippen molar-refractivity contribution in [2.24, 2.45) is 0 Å². The molecule has 5 nitrogen and oxygen atoms in total. The first-order valence-corrected chi connectivity index (χ1v) is 3.74. The van der Waals surface area contributed by atoms with Crippen LogP contribution < -0.4 is 24.0 Å². The van der Waals surface area contributed by atoms with Crippen molar-refractivity contribution in [2.75, 3.05) is 6.61 Å². The summed E-state index contributed by atoms with van der Waals surface area (Å²) in [7, 11) is 0. The summed E-state index contributed by atoms with van der Waals surface area (Å²) < 4.78 is 0. The van der Waals surface area contributed by atoms with Crippen molar-refractivity contribution in [3.8, 4) is 0 Å². The van der Waals surface area contributed by atoms with Crippen LogP contribution in [0.1, 0.15) is 19.3 Å². The van der Waals surface area contributed by atoms with Gasteiger partial charge in [0.05, 0.1) is 12.7 Å². The minimum Gasteiger partial charge on any atom is -0.550 e. The number of carbonyl (C=O) groups excluding carboxylic acids is 1. The Hall–Kier alpha value is -0.0526. The molecule has 0 radical (unpaired) electrons. The number of hydrogen-bond donors (Lipinski definition) is 3. The first-order chi connectivity index (χ1) is 5.57. The molecule has 0 aliphatic heterocycles. The molecule has 0 aromatic rings. The second-order valence-corrected chi connectivity index (χ2v) is 2.58. The number of aliphatic carboxylic acids is 1. The van der Waals surface area contributed by atoms with E-state index in [1.165, 1.54) is 0 Å². The van der Waals surface area contributed by atoms with E-state index >= 15 is 0 Å². The van der Waals surface area contributed by atoms with Gasteiger partial charge in [-0.1, -0.05) is 0 Å². The number of aliphatic hydroxyl groups is 3. The first kappa shape index (κ1) is 15.4. The molecule has 0 aliphatic carbocycles. The van der Waals surface area contributed by atoms with Gasteiger partial charge >= 0.3 is 18.9 Å². The van der Waals surface area contributed by atoms with Crippen molar-refractivity contribution < 1.29 is 44.1 Å². The van der Waals surface area contributed by atoms with E-state index in [0.717, 1.165) is 0 Å². The molecule has 0 bridgehead atoms. The van der Waals surface area contributed by atoms with Gasteiger partial charge in [0.25, 0.3) is 0 Å². The Bertz CT molecular complexity index is 141. The van der Waals surface area contributed by atoms with Crippen molar-refractivity contribution in [3.05, 3.63) is 0 Å². The van der Waals surface area contributed by atoms with Crippen molar-refractivity contribution in [1.29, 1.82) is 0 Å². The van der Waals surface area contributed by atoms with Gasteiger partial charge in [0.15, 0.2) is 0 Å². The largest absolute Gasteiger partial charge is 1.00 e. The minimum atomic E-state index is -1.19. The number of hydrogen-bond acceptors (Lipinski definition) is 5. The minimum absolute atomic E-state index is 0. The molecule has 3 N–H and O–H groups in total. The van der Waals surface area contributed by atoms with Crippen LogP contribution in [0.4, 0.5) is 0 Å². The molecule has 72 valence electrons. The molecule has 0 fully saturated rings. The molecule has 0 unspecified atom stereocenters. The molecule has 0 amide bonds. The molecule has 0 rings (SSSR count). The van der Waals surface area contributed by atoms with Crippen LogP contribution in [-0.4, -0.2) is 40.1 Å². The van der Waals surface area contributed by atoms with Crippen LogP contribution in [-0.2, 0) is 4.79 Å². The Balaban J connectivity index is 0. The topological polar surface area (TPSA) is 101 Å². The predicted octanol–water partition coefficient (Wildman–Crippen LogP) is -5.38. The molecule has 6 heteroatoms. The van der Waals surface area contributed by atoms with Crippen LogP contribution >= 0.6 is 0 Å². The summed E-state index contributed by atoms with van der Waals surface area (Å²) in [5, 5.41) is 36.1. The molecule has 13 heavy (non-hydrogen) atoms. The van der Waals surface area contributed by atoms with Crippen molar-refractivity contribution in [2.45, 2.75) is 31.5 Å². The van der Waals surface area contributed by atoms with Gasteiger partial charge in [0, 0.05) is 5.97 Å². The number of rotatable bonds is 6. The molecular weight excluding hydrogens is 171 g/mol. The average Bonchev–Trinajstić information content (AvgIpc) is 2.02. The van der Waals surface area contributed by atoms with Gasteiger partial charge in [-0.3, -0.25) is 0 Å². The second kappa shape index (κ2) is 8.54. The zero-order chi connectivity index (χ0) is 9.56. The van der Waals surface area contributed by atoms with Crippen LogP contribution in [0.3, 0.4) is 0 Å². The van der Waals surface area contributed by atoms with Crippen LogP contribution in [0.5, 0.6) is 0 Å². The van der Waals surface area contributed by atoms with Gasteiger partial charge < -0.3 is 25.2 Å². The number of aliphatic hydroxyl groups excluding tert-OH is 3. The smallest absolute Gasteiger partial charge is 0.550 e. The average molecular weight is 184 g/mol. The van der Waals surface area contributed by atoms with E-state index in [9.17, 15) is 9.90 Å². The summed E-state index contributed by atoms with van der Waals surface area (Å²) in [5.74, 6) is -1.18. The van der Waals surface area contributed by atoms with E-state index in [1.807, 2.05) is 0 Å². The fourth-order valence-electron chi connectivity index (χ4n) is 0.770. The number of carboxylic acid groups (broad SMARTS) is 1. The first-order valence-electron chi connectivity index (χ1n) is 3.74. The van der Waals surface area contributed by atoms with Crippen LogP contribution in [0.15, 0.2) is 0 Å². The van der Waals surface area contributed by atoms with E-state index in [0.29, 0.717) is 0 Å². The zero-order valence-corrected chi connectivity index (χ0v) is 7.64. The Morgan fingerprint density at radius 3 is 2.23 bits per heavy atom.